The van der Waals surface area contributed by atoms with Crippen molar-refractivity contribution >= 4 is 33.4 Å². The highest BCUT2D eigenvalue weighted by Crippen LogP contribution is 2.27. The van der Waals surface area contributed by atoms with Gasteiger partial charge >= 0.3 is 0 Å². The topological polar surface area (TPSA) is 66.5 Å². The molecular formula is C21H26N2O3S2. The van der Waals surface area contributed by atoms with E-state index < -0.39 is 10.0 Å². The van der Waals surface area contributed by atoms with Crippen LogP contribution in [0.5, 0.6) is 0 Å². The molecule has 1 heterocycles. The minimum atomic E-state index is -3.50. The summed E-state index contributed by atoms with van der Waals surface area (Å²) in [4.78, 5) is 13.5. The molecule has 0 spiro atoms. The first-order valence-corrected chi connectivity index (χ1v) is 12.0. The molecular weight excluding hydrogens is 392 g/mol. The molecule has 2 aromatic carbocycles. The number of sulfonamides is 1. The second-order valence-corrected chi connectivity index (χ2v) is 9.79. The fraction of sp³-hybridized carbons (Fsp3) is 0.381. The van der Waals surface area contributed by atoms with Crippen molar-refractivity contribution in [1.82, 2.24) is 4.31 Å². The summed E-state index contributed by atoms with van der Waals surface area (Å²) in [5.74, 6) is 0.183. The highest BCUT2D eigenvalue weighted by Gasteiger charge is 2.32. The number of carbonyl (C=O) groups excluding carboxylic acids is 1. The number of rotatable bonds is 7. The van der Waals surface area contributed by atoms with Crippen LogP contribution in [-0.2, 0) is 14.8 Å². The molecule has 150 valence electrons. The maximum atomic E-state index is 13.0. The Kier molecular flexibility index (Phi) is 7.15. The summed E-state index contributed by atoms with van der Waals surface area (Å²) in [6.07, 6.45) is 3.73. The van der Waals surface area contributed by atoms with Gasteiger partial charge in [0.25, 0.3) is 0 Å². The van der Waals surface area contributed by atoms with Crippen molar-refractivity contribution in [3.8, 4) is 0 Å². The van der Waals surface area contributed by atoms with Crippen molar-refractivity contribution in [2.75, 3.05) is 17.6 Å². The molecule has 1 atom stereocenters. The quantitative estimate of drug-likeness (QED) is 0.678. The van der Waals surface area contributed by atoms with Crippen LogP contribution in [-0.4, -0.2) is 37.0 Å². The van der Waals surface area contributed by atoms with E-state index >= 15 is 0 Å². The molecule has 1 fully saturated rings. The van der Waals surface area contributed by atoms with Gasteiger partial charge in [0.2, 0.25) is 15.9 Å². The number of hydrogen-bond acceptors (Lipinski definition) is 4. The van der Waals surface area contributed by atoms with Gasteiger partial charge in [-0.25, -0.2) is 8.42 Å². The van der Waals surface area contributed by atoms with E-state index in [1.807, 2.05) is 37.3 Å². The van der Waals surface area contributed by atoms with Crippen LogP contribution in [0, 0.1) is 0 Å². The summed E-state index contributed by atoms with van der Waals surface area (Å²) in [6, 6.07) is 16.3. The highest BCUT2D eigenvalue weighted by atomic mass is 32.2. The lowest BCUT2D eigenvalue weighted by Crippen LogP contribution is -2.43. The standard InChI is InChI=1S/C21H26N2O3S2/c1-2-18-8-6-7-15-23(18)28(25,26)20-13-11-17(12-14-20)22-21(24)16-27-19-9-4-3-5-10-19/h3-5,9-14,18H,2,6-8,15-16H2,1H3,(H,22,24). The molecule has 1 saturated heterocycles. The summed E-state index contributed by atoms with van der Waals surface area (Å²) >= 11 is 1.46. The number of nitrogens with one attached hydrogen (secondary N) is 1. The van der Waals surface area contributed by atoms with Crippen molar-refractivity contribution in [3.63, 3.8) is 0 Å². The normalized spacial score (nSPS) is 18.0. The Morgan fingerprint density at radius 1 is 1.11 bits per heavy atom. The van der Waals surface area contributed by atoms with Crippen LogP contribution in [0.1, 0.15) is 32.6 Å². The Hall–Kier alpha value is -1.83. The van der Waals surface area contributed by atoms with Crippen LogP contribution >= 0.6 is 11.8 Å². The average molecular weight is 419 g/mol. The number of benzene rings is 2. The smallest absolute Gasteiger partial charge is 0.243 e. The number of hydrogen-bond donors (Lipinski definition) is 1. The zero-order chi connectivity index (χ0) is 20.0. The van der Waals surface area contributed by atoms with Gasteiger partial charge in [-0.2, -0.15) is 4.31 Å². The van der Waals surface area contributed by atoms with Crippen LogP contribution in [0.4, 0.5) is 5.69 Å². The molecule has 0 aliphatic carbocycles. The van der Waals surface area contributed by atoms with E-state index in [1.54, 1.807) is 28.6 Å². The first-order chi connectivity index (χ1) is 13.5. The van der Waals surface area contributed by atoms with Gasteiger partial charge in [-0.1, -0.05) is 31.5 Å². The Morgan fingerprint density at radius 2 is 1.82 bits per heavy atom. The summed E-state index contributed by atoms with van der Waals surface area (Å²) in [5.41, 5.74) is 0.600. The molecule has 0 aromatic heterocycles. The highest BCUT2D eigenvalue weighted by molar-refractivity contribution is 8.00. The van der Waals surface area contributed by atoms with E-state index in [0.29, 0.717) is 18.0 Å². The number of nitrogens with zero attached hydrogens (tertiary/aromatic N) is 1. The number of amides is 1. The van der Waals surface area contributed by atoms with Gasteiger partial charge in [-0.15, -0.1) is 11.8 Å². The maximum Gasteiger partial charge on any atom is 0.243 e. The van der Waals surface area contributed by atoms with Crippen LogP contribution in [0.2, 0.25) is 0 Å². The van der Waals surface area contributed by atoms with Crippen LogP contribution < -0.4 is 5.32 Å². The van der Waals surface area contributed by atoms with Gasteiger partial charge in [0.1, 0.15) is 0 Å². The molecule has 0 radical (unpaired) electrons. The van der Waals surface area contributed by atoms with Crippen LogP contribution in [0.3, 0.4) is 0 Å². The molecule has 1 aliphatic rings. The molecule has 7 heteroatoms. The second kappa shape index (κ2) is 9.58. The van der Waals surface area contributed by atoms with Gasteiger partial charge in [-0.05, 0) is 55.7 Å². The zero-order valence-corrected chi connectivity index (χ0v) is 17.6. The SMILES string of the molecule is CCC1CCCCN1S(=O)(=O)c1ccc(NC(=O)CSc2ccccc2)cc1. The summed E-state index contributed by atoms with van der Waals surface area (Å²) in [6.45, 7) is 2.61. The van der Waals surface area contributed by atoms with E-state index in [-0.39, 0.29) is 16.8 Å². The fourth-order valence-electron chi connectivity index (χ4n) is 3.41. The largest absolute Gasteiger partial charge is 0.325 e. The predicted octanol–water partition coefficient (Wildman–Crippen LogP) is 4.37. The summed E-state index contributed by atoms with van der Waals surface area (Å²) in [7, 11) is -3.50. The Bertz CT molecular complexity index is 884. The molecule has 1 aliphatic heterocycles. The lowest BCUT2D eigenvalue weighted by Gasteiger charge is -2.34. The summed E-state index contributed by atoms with van der Waals surface area (Å²) in [5, 5.41) is 2.82. The van der Waals surface area contributed by atoms with Gasteiger partial charge in [0, 0.05) is 23.2 Å². The van der Waals surface area contributed by atoms with E-state index in [1.165, 1.54) is 11.8 Å². The lowest BCUT2D eigenvalue weighted by atomic mass is 10.0. The van der Waals surface area contributed by atoms with E-state index in [2.05, 4.69) is 5.32 Å². The van der Waals surface area contributed by atoms with E-state index in [9.17, 15) is 13.2 Å². The maximum absolute atomic E-state index is 13.0. The number of carbonyl (C=O) groups is 1. The third-order valence-corrected chi connectivity index (χ3v) is 7.88. The van der Waals surface area contributed by atoms with Crippen molar-refractivity contribution in [2.24, 2.45) is 0 Å². The van der Waals surface area contributed by atoms with Crippen molar-refractivity contribution in [2.45, 2.75) is 48.4 Å². The third kappa shape index (κ3) is 5.16. The minimum absolute atomic E-state index is 0.0770. The third-order valence-electron chi connectivity index (χ3n) is 4.90. The lowest BCUT2D eigenvalue weighted by molar-refractivity contribution is -0.113. The van der Waals surface area contributed by atoms with Crippen LogP contribution in [0.25, 0.3) is 0 Å². The van der Waals surface area contributed by atoms with Gasteiger partial charge in [0.05, 0.1) is 10.6 Å². The number of thioether (sulfide) groups is 1. The molecule has 2 aromatic rings. The molecule has 1 amide bonds. The summed E-state index contributed by atoms with van der Waals surface area (Å²) < 4.78 is 27.6. The monoisotopic (exact) mass is 418 g/mol. The van der Waals surface area contributed by atoms with Crippen LogP contribution in [0.15, 0.2) is 64.4 Å². The van der Waals surface area contributed by atoms with Gasteiger partial charge < -0.3 is 5.32 Å². The Labute approximate surface area is 171 Å². The molecule has 5 nitrogen and oxygen atoms in total. The van der Waals surface area contributed by atoms with Gasteiger partial charge in [0.15, 0.2) is 0 Å². The van der Waals surface area contributed by atoms with E-state index in [4.69, 9.17) is 0 Å². The Balaban J connectivity index is 1.61. The second-order valence-electron chi connectivity index (χ2n) is 6.85. The number of anilines is 1. The van der Waals surface area contributed by atoms with Crippen molar-refractivity contribution in [1.29, 1.82) is 0 Å². The number of piperidine rings is 1. The molecule has 0 bridgehead atoms. The average Bonchev–Trinajstić information content (AvgIpc) is 2.73. The van der Waals surface area contributed by atoms with Crippen molar-refractivity contribution < 1.29 is 13.2 Å². The first kappa shape index (κ1) is 20.9. The zero-order valence-electron chi connectivity index (χ0n) is 16.0. The molecule has 1 N–H and O–H groups in total. The molecule has 3 rings (SSSR count). The fourth-order valence-corrected chi connectivity index (χ4v) is 5.89. The van der Waals surface area contributed by atoms with Crippen molar-refractivity contribution in [3.05, 3.63) is 54.6 Å². The minimum Gasteiger partial charge on any atom is -0.325 e. The Morgan fingerprint density at radius 3 is 2.50 bits per heavy atom. The first-order valence-electron chi connectivity index (χ1n) is 9.60. The molecule has 0 saturated carbocycles. The molecule has 1 unspecified atom stereocenters. The predicted molar refractivity (Wildman–Crippen MR) is 114 cm³/mol. The van der Waals surface area contributed by atoms with E-state index in [0.717, 1.165) is 30.6 Å². The van der Waals surface area contributed by atoms with Gasteiger partial charge in [-0.3, -0.25) is 4.79 Å². The molecule has 28 heavy (non-hydrogen) atoms.